The van der Waals surface area contributed by atoms with Gasteiger partial charge in [-0.3, -0.25) is 4.79 Å². The largest absolute Gasteiger partial charge is 0.367 e. The summed E-state index contributed by atoms with van der Waals surface area (Å²) in [6.45, 7) is 0. The number of nitriles is 3. The molecule has 0 aromatic rings. The van der Waals surface area contributed by atoms with Crippen LogP contribution in [0, 0.1) is 34.0 Å². The summed E-state index contributed by atoms with van der Waals surface area (Å²) in [5, 5.41) is 25.5. The van der Waals surface area contributed by atoms with Gasteiger partial charge in [0.1, 0.15) is 10.4 Å². The summed E-state index contributed by atoms with van der Waals surface area (Å²) in [5.41, 5.74) is 4.73. The molecule has 0 spiro atoms. The second-order valence-electron chi connectivity index (χ2n) is 2.92. The first-order valence-corrected chi connectivity index (χ1v) is 7.81. The smallest absolute Gasteiger partial charge is 0.259 e. The van der Waals surface area contributed by atoms with Gasteiger partial charge in [0.25, 0.3) is 5.91 Å². The standard InChI is InChI=1S/C6H6Br2N2.C3H2Br2N2O/c7-4-6(8,5-10)2-1-3-9;4-3(5,1-6)2(7)8/h1-2,4H2;(H2,7,8). The number of hydrogen-bond acceptors (Lipinski definition) is 4. The van der Waals surface area contributed by atoms with Crippen molar-refractivity contribution in [3.63, 3.8) is 0 Å². The van der Waals surface area contributed by atoms with Gasteiger partial charge in [-0.15, -0.1) is 0 Å². The molecule has 5 nitrogen and oxygen atoms in total. The number of alkyl halides is 4. The minimum atomic E-state index is -1.39. The summed E-state index contributed by atoms with van der Waals surface area (Å²) >= 11 is 11.9. The molecule has 9 heteroatoms. The summed E-state index contributed by atoms with van der Waals surface area (Å²) in [6.07, 6.45) is 0.968. The Labute approximate surface area is 139 Å². The quantitative estimate of drug-likeness (QED) is 0.589. The maximum absolute atomic E-state index is 10.2. The Morgan fingerprint density at radius 1 is 1.17 bits per heavy atom. The van der Waals surface area contributed by atoms with E-state index in [1.165, 1.54) is 0 Å². The van der Waals surface area contributed by atoms with Gasteiger partial charge in [-0.25, -0.2) is 0 Å². The molecule has 0 rings (SSSR count). The molecule has 0 aromatic carbocycles. The lowest BCUT2D eigenvalue weighted by Gasteiger charge is -2.12. The van der Waals surface area contributed by atoms with E-state index in [1.807, 2.05) is 6.07 Å². The molecule has 0 bridgehead atoms. The van der Waals surface area contributed by atoms with Crippen molar-refractivity contribution in [3.8, 4) is 18.2 Å². The molecule has 0 radical (unpaired) electrons. The predicted molar refractivity (Wildman–Crippen MR) is 81.3 cm³/mol. The number of nitrogens with two attached hydrogens (primary N) is 1. The van der Waals surface area contributed by atoms with E-state index in [4.69, 9.17) is 21.5 Å². The lowest BCUT2D eigenvalue weighted by atomic mass is 10.1. The average Bonchev–Trinajstić information content (AvgIpc) is 2.36. The van der Waals surface area contributed by atoms with Crippen LogP contribution >= 0.6 is 63.7 Å². The third kappa shape index (κ3) is 8.88. The highest BCUT2D eigenvalue weighted by atomic mass is 79.9. The number of amides is 1. The summed E-state index contributed by atoms with van der Waals surface area (Å²) < 4.78 is -1.94. The van der Waals surface area contributed by atoms with Crippen molar-refractivity contribution in [2.75, 3.05) is 5.33 Å². The molecule has 1 unspecified atom stereocenters. The van der Waals surface area contributed by atoms with Gasteiger partial charge in [-0.1, -0.05) is 31.9 Å². The van der Waals surface area contributed by atoms with Gasteiger partial charge in [0.05, 0.1) is 12.1 Å². The second-order valence-corrected chi connectivity index (χ2v) is 8.44. The summed E-state index contributed by atoms with van der Waals surface area (Å²) in [7, 11) is 0. The monoisotopic (exact) mass is 504 g/mol. The van der Waals surface area contributed by atoms with Crippen molar-refractivity contribution in [2.24, 2.45) is 5.73 Å². The van der Waals surface area contributed by atoms with Crippen molar-refractivity contribution in [3.05, 3.63) is 0 Å². The van der Waals surface area contributed by atoms with Crippen LogP contribution in [0.25, 0.3) is 0 Å². The van der Waals surface area contributed by atoms with Crippen molar-refractivity contribution in [2.45, 2.75) is 20.4 Å². The van der Waals surface area contributed by atoms with E-state index in [1.54, 1.807) is 6.07 Å². The summed E-state index contributed by atoms with van der Waals surface area (Å²) in [5.74, 6) is -0.750. The number of rotatable bonds is 4. The van der Waals surface area contributed by atoms with Crippen LogP contribution in [-0.2, 0) is 4.79 Å². The van der Waals surface area contributed by atoms with Crippen LogP contribution in [0.2, 0.25) is 0 Å². The molecule has 0 aliphatic heterocycles. The maximum Gasteiger partial charge on any atom is 0.259 e. The first-order chi connectivity index (χ1) is 8.19. The highest BCUT2D eigenvalue weighted by Crippen LogP contribution is 2.25. The van der Waals surface area contributed by atoms with Crippen molar-refractivity contribution >= 4 is 69.6 Å². The van der Waals surface area contributed by atoms with Crippen LogP contribution in [-0.4, -0.2) is 18.8 Å². The minimum absolute atomic E-state index is 0.407. The van der Waals surface area contributed by atoms with Crippen LogP contribution < -0.4 is 5.73 Å². The molecular weight excluding hydrogens is 500 g/mol. The number of hydrogen-bond donors (Lipinski definition) is 1. The Bertz CT molecular complexity index is 406. The molecule has 1 amide bonds. The first kappa shape index (κ1) is 20.2. The summed E-state index contributed by atoms with van der Waals surface area (Å²) in [6, 6.07) is 5.67. The van der Waals surface area contributed by atoms with Crippen LogP contribution in [0.15, 0.2) is 0 Å². The fraction of sp³-hybridized carbons (Fsp3) is 0.556. The van der Waals surface area contributed by atoms with Crippen LogP contribution in [0.3, 0.4) is 0 Å². The molecule has 2 N–H and O–H groups in total. The third-order valence-electron chi connectivity index (χ3n) is 1.50. The van der Waals surface area contributed by atoms with E-state index >= 15 is 0 Å². The lowest BCUT2D eigenvalue weighted by molar-refractivity contribution is -0.117. The van der Waals surface area contributed by atoms with Crippen LogP contribution in [0.5, 0.6) is 0 Å². The molecule has 1 atom stereocenters. The van der Waals surface area contributed by atoms with Gasteiger partial charge in [0.2, 0.25) is 3.23 Å². The molecule has 18 heavy (non-hydrogen) atoms. The van der Waals surface area contributed by atoms with Crippen LogP contribution in [0.1, 0.15) is 12.8 Å². The first-order valence-electron chi connectivity index (χ1n) is 4.31. The van der Waals surface area contributed by atoms with Crippen molar-refractivity contribution in [1.82, 2.24) is 0 Å². The van der Waals surface area contributed by atoms with Gasteiger partial charge in [-0.2, -0.15) is 15.8 Å². The number of carbonyl (C=O) groups excluding carboxylic acids is 1. The highest BCUT2D eigenvalue weighted by Gasteiger charge is 2.29. The van der Waals surface area contributed by atoms with Gasteiger partial charge < -0.3 is 5.73 Å². The molecule has 0 aromatic heterocycles. The molecule has 0 heterocycles. The molecule has 0 aliphatic rings. The van der Waals surface area contributed by atoms with Crippen molar-refractivity contribution < 1.29 is 4.79 Å². The Hall–Kier alpha value is -0.140. The molecule has 0 aliphatic carbocycles. The predicted octanol–water partition coefficient (Wildman–Crippen LogP) is 2.82. The van der Waals surface area contributed by atoms with Crippen molar-refractivity contribution in [1.29, 1.82) is 15.8 Å². The number of carbonyl (C=O) groups is 1. The maximum atomic E-state index is 10.2. The molecule has 98 valence electrons. The van der Waals surface area contributed by atoms with Gasteiger partial charge in [0, 0.05) is 11.8 Å². The summed E-state index contributed by atoms with van der Waals surface area (Å²) in [4.78, 5) is 10.2. The van der Waals surface area contributed by atoms with Gasteiger partial charge in [0.15, 0.2) is 0 Å². The number of primary amides is 1. The van der Waals surface area contributed by atoms with E-state index in [9.17, 15) is 4.79 Å². The van der Waals surface area contributed by atoms with Crippen LogP contribution in [0.4, 0.5) is 0 Å². The SMILES string of the molecule is N#CC(Br)(Br)C(N)=O.N#CCCC(Br)(C#N)CBr. The number of halogens is 4. The van der Waals surface area contributed by atoms with E-state index in [0.29, 0.717) is 18.2 Å². The lowest BCUT2D eigenvalue weighted by Crippen LogP contribution is -2.30. The van der Waals surface area contributed by atoms with E-state index in [2.05, 4.69) is 69.8 Å². The normalized spacial score (nSPS) is 12.7. The van der Waals surface area contributed by atoms with E-state index < -0.39 is 13.5 Å². The van der Waals surface area contributed by atoms with Gasteiger partial charge >= 0.3 is 0 Å². The van der Waals surface area contributed by atoms with Gasteiger partial charge in [-0.05, 0) is 38.3 Å². The van der Waals surface area contributed by atoms with E-state index in [-0.39, 0.29) is 0 Å². The Kier molecular flexibility index (Phi) is 10.9. The molecule has 0 fully saturated rings. The molecular formula is C9H8Br4N4O. The third-order valence-corrected chi connectivity index (χ3v) is 5.20. The Morgan fingerprint density at radius 3 is 1.83 bits per heavy atom. The minimum Gasteiger partial charge on any atom is -0.367 e. The zero-order valence-electron chi connectivity index (χ0n) is 8.96. The molecule has 0 saturated heterocycles. The average molecular weight is 508 g/mol. The second kappa shape index (κ2) is 9.75. The fourth-order valence-electron chi connectivity index (χ4n) is 0.462. The number of nitrogens with zero attached hydrogens (tertiary/aromatic N) is 3. The highest BCUT2D eigenvalue weighted by molar-refractivity contribution is 9.26. The Morgan fingerprint density at radius 2 is 1.67 bits per heavy atom. The zero-order chi connectivity index (χ0) is 14.8. The van der Waals surface area contributed by atoms with E-state index in [0.717, 1.165) is 0 Å². The Balaban J connectivity index is 0. The zero-order valence-corrected chi connectivity index (χ0v) is 15.3. The fourth-order valence-corrected chi connectivity index (χ4v) is 1.07. The topological polar surface area (TPSA) is 114 Å². The molecule has 0 saturated carbocycles.